The number of carbonyl (C=O) groups excluding carboxylic acids is 1. The number of para-hydroxylation sites is 2. The number of rotatable bonds is 6. The van der Waals surface area contributed by atoms with Gasteiger partial charge in [0.15, 0.2) is 17.3 Å². The molecular formula is C31H42O6. The first-order valence-corrected chi connectivity index (χ1v) is 13.0. The number of hydrogen-bond acceptors (Lipinski definition) is 6. The van der Waals surface area contributed by atoms with Crippen LogP contribution in [-0.4, -0.2) is 30.4 Å². The van der Waals surface area contributed by atoms with Gasteiger partial charge in [0.25, 0.3) is 0 Å². The number of hydrogen-bond donors (Lipinski definition) is 1. The Labute approximate surface area is 221 Å². The molecule has 1 N–H and O–H groups in total. The van der Waals surface area contributed by atoms with Gasteiger partial charge in [-0.15, -0.1) is 0 Å². The molecule has 2 aromatic carbocycles. The number of methoxy groups -OCH3 is 1. The lowest BCUT2D eigenvalue weighted by molar-refractivity contribution is -0.0431. The standard InChI is InChI=1S/C20H26O4.C9H10O2.C2H6/c1-13(2)6-5-7-14(3)8-9-15-17(22)12-18-19(20(15)23-4)16(21)10-11-24-18;1-9(2)10-7-5-3-4-6-8(7)11-9;1-2/h6,8,12,22H,5,7,9-11H2,1-4H3;3-6H,1-2H3;1-2H3/b14-8+;;. The first kappa shape index (κ1) is 29.8. The quantitative estimate of drug-likeness (QED) is 0.399. The van der Waals surface area contributed by atoms with Gasteiger partial charge in [-0.25, -0.2) is 0 Å². The number of phenols is 1. The van der Waals surface area contributed by atoms with Crippen molar-refractivity contribution in [2.45, 2.75) is 79.9 Å². The molecule has 0 unspecified atom stereocenters. The Balaban J connectivity index is 0.000000306. The zero-order valence-corrected chi connectivity index (χ0v) is 23.6. The number of Topliss-reactive ketones (excluding diaryl/α,β-unsaturated/α-hetero) is 1. The minimum atomic E-state index is -0.496. The van der Waals surface area contributed by atoms with Gasteiger partial charge in [-0.3, -0.25) is 4.79 Å². The molecule has 2 aliphatic rings. The molecule has 0 spiro atoms. The van der Waals surface area contributed by atoms with Crippen LogP contribution in [0.5, 0.6) is 28.7 Å². The molecule has 4 rings (SSSR count). The zero-order valence-electron chi connectivity index (χ0n) is 23.6. The third kappa shape index (κ3) is 8.31. The van der Waals surface area contributed by atoms with Crippen LogP contribution in [0.25, 0.3) is 0 Å². The molecule has 202 valence electrons. The van der Waals surface area contributed by atoms with Crippen molar-refractivity contribution in [1.82, 2.24) is 0 Å². The van der Waals surface area contributed by atoms with E-state index in [2.05, 4.69) is 32.9 Å². The largest absolute Gasteiger partial charge is 0.507 e. The maximum atomic E-state index is 12.2. The molecule has 6 nitrogen and oxygen atoms in total. The molecule has 2 aromatic rings. The fraction of sp³-hybridized carbons (Fsp3) is 0.452. The number of phenolic OH excluding ortho intramolecular Hbond substituents is 1. The Bertz CT molecular complexity index is 1100. The Morgan fingerprint density at radius 2 is 1.68 bits per heavy atom. The van der Waals surface area contributed by atoms with E-state index in [1.165, 1.54) is 24.3 Å². The SMILES string of the molecule is CC.CC1(C)Oc2ccccc2O1.COc1c(C/C=C(\C)CCC=C(C)C)c(O)cc2c1C(=O)CCO2. The predicted octanol–water partition coefficient (Wildman–Crippen LogP) is 7.82. The van der Waals surface area contributed by atoms with Crippen molar-refractivity contribution in [3.8, 4) is 28.7 Å². The molecule has 2 aliphatic heterocycles. The van der Waals surface area contributed by atoms with Crippen LogP contribution in [0.3, 0.4) is 0 Å². The zero-order chi connectivity index (χ0) is 27.6. The molecular weight excluding hydrogens is 468 g/mol. The summed E-state index contributed by atoms with van der Waals surface area (Å²) in [7, 11) is 1.52. The van der Waals surface area contributed by atoms with Crippen molar-refractivity contribution in [3.63, 3.8) is 0 Å². The van der Waals surface area contributed by atoms with Gasteiger partial charge in [-0.2, -0.15) is 0 Å². The molecule has 0 saturated heterocycles. The van der Waals surface area contributed by atoms with Crippen molar-refractivity contribution >= 4 is 5.78 Å². The number of fused-ring (bicyclic) bond motifs is 2. The molecule has 0 bridgehead atoms. The summed E-state index contributed by atoms with van der Waals surface area (Å²) < 4.78 is 21.9. The Morgan fingerprint density at radius 3 is 2.24 bits per heavy atom. The number of allylic oxidation sites excluding steroid dienone is 4. The molecule has 2 heterocycles. The van der Waals surface area contributed by atoms with Crippen molar-refractivity contribution in [2.24, 2.45) is 0 Å². The molecule has 6 heteroatoms. The average molecular weight is 511 g/mol. The van der Waals surface area contributed by atoms with Crippen molar-refractivity contribution in [2.75, 3.05) is 13.7 Å². The fourth-order valence-corrected chi connectivity index (χ4v) is 3.98. The number of aromatic hydroxyl groups is 1. The maximum Gasteiger partial charge on any atom is 0.246 e. The van der Waals surface area contributed by atoms with E-state index < -0.39 is 5.79 Å². The van der Waals surface area contributed by atoms with Crippen LogP contribution in [0.2, 0.25) is 0 Å². The normalized spacial score (nSPS) is 14.7. The van der Waals surface area contributed by atoms with Crippen LogP contribution in [0.1, 0.15) is 83.7 Å². The van der Waals surface area contributed by atoms with Gasteiger partial charge in [-0.1, -0.05) is 49.3 Å². The van der Waals surface area contributed by atoms with E-state index in [0.29, 0.717) is 42.1 Å². The Morgan fingerprint density at radius 1 is 1.05 bits per heavy atom. The average Bonchev–Trinajstić information content (AvgIpc) is 3.17. The van der Waals surface area contributed by atoms with E-state index in [4.69, 9.17) is 18.9 Å². The highest BCUT2D eigenvalue weighted by molar-refractivity contribution is 6.03. The summed E-state index contributed by atoms with van der Waals surface area (Å²) in [5, 5.41) is 10.3. The van der Waals surface area contributed by atoms with Gasteiger partial charge in [0, 0.05) is 31.9 Å². The van der Waals surface area contributed by atoms with Gasteiger partial charge >= 0.3 is 0 Å². The van der Waals surface area contributed by atoms with Crippen molar-refractivity contribution < 1.29 is 28.8 Å². The van der Waals surface area contributed by atoms with Crippen LogP contribution in [0.15, 0.2) is 53.6 Å². The second kappa shape index (κ2) is 13.8. The Kier molecular flexibility index (Phi) is 11.1. The van der Waals surface area contributed by atoms with Gasteiger partial charge in [0.2, 0.25) is 5.79 Å². The second-order valence-electron chi connectivity index (χ2n) is 9.43. The summed E-state index contributed by atoms with van der Waals surface area (Å²) in [6, 6.07) is 9.21. The highest BCUT2D eigenvalue weighted by atomic mass is 16.7. The van der Waals surface area contributed by atoms with E-state index in [1.807, 2.05) is 52.0 Å². The molecule has 0 fully saturated rings. The molecule has 37 heavy (non-hydrogen) atoms. The van der Waals surface area contributed by atoms with Gasteiger partial charge in [-0.05, 0) is 52.2 Å². The van der Waals surface area contributed by atoms with Crippen LogP contribution in [0.4, 0.5) is 0 Å². The minimum Gasteiger partial charge on any atom is -0.507 e. The molecule has 0 aromatic heterocycles. The predicted molar refractivity (Wildman–Crippen MR) is 148 cm³/mol. The van der Waals surface area contributed by atoms with Crippen LogP contribution >= 0.6 is 0 Å². The maximum absolute atomic E-state index is 12.2. The van der Waals surface area contributed by atoms with Gasteiger partial charge in [0.05, 0.1) is 13.7 Å². The van der Waals surface area contributed by atoms with Crippen molar-refractivity contribution in [3.05, 3.63) is 64.8 Å². The van der Waals surface area contributed by atoms with Crippen LogP contribution in [0, 0.1) is 0 Å². The number of ether oxygens (including phenoxy) is 4. The monoisotopic (exact) mass is 510 g/mol. The molecule has 0 radical (unpaired) electrons. The lowest BCUT2D eigenvalue weighted by Crippen LogP contribution is -2.29. The summed E-state index contributed by atoms with van der Waals surface area (Å²) in [5.41, 5.74) is 3.65. The number of ketones is 1. The number of carbonyl (C=O) groups is 1. The molecule has 0 aliphatic carbocycles. The first-order chi connectivity index (χ1) is 17.6. The second-order valence-corrected chi connectivity index (χ2v) is 9.43. The summed E-state index contributed by atoms with van der Waals surface area (Å²) >= 11 is 0. The van der Waals surface area contributed by atoms with E-state index >= 15 is 0 Å². The van der Waals surface area contributed by atoms with E-state index in [9.17, 15) is 9.90 Å². The molecule has 0 amide bonds. The summed E-state index contributed by atoms with van der Waals surface area (Å²) in [4.78, 5) is 12.2. The lowest BCUT2D eigenvalue weighted by Gasteiger charge is -2.21. The fourth-order valence-electron chi connectivity index (χ4n) is 3.98. The van der Waals surface area contributed by atoms with E-state index in [0.717, 1.165) is 24.3 Å². The smallest absolute Gasteiger partial charge is 0.246 e. The topological polar surface area (TPSA) is 74.2 Å². The van der Waals surface area contributed by atoms with Crippen LogP contribution < -0.4 is 18.9 Å². The van der Waals surface area contributed by atoms with Crippen molar-refractivity contribution in [1.29, 1.82) is 0 Å². The minimum absolute atomic E-state index is 0.00129. The summed E-state index contributed by atoms with van der Waals surface area (Å²) in [6.45, 7) is 14.4. The Hall–Kier alpha value is -3.41. The molecule has 0 atom stereocenters. The highest BCUT2D eigenvalue weighted by Crippen LogP contribution is 2.42. The van der Waals surface area contributed by atoms with E-state index in [1.54, 1.807) is 0 Å². The third-order valence-corrected chi connectivity index (χ3v) is 5.70. The van der Waals surface area contributed by atoms with Crippen LogP contribution in [-0.2, 0) is 6.42 Å². The lowest BCUT2D eigenvalue weighted by atomic mass is 9.97. The first-order valence-electron chi connectivity index (χ1n) is 13.0. The summed E-state index contributed by atoms with van der Waals surface area (Å²) in [6.07, 6.45) is 7.13. The highest BCUT2D eigenvalue weighted by Gasteiger charge is 2.31. The van der Waals surface area contributed by atoms with Gasteiger partial charge < -0.3 is 24.1 Å². The summed E-state index contributed by atoms with van der Waals surface area (Å²) in [5.74, 6) is 2.11. The molecule has 0 saturated carbocycles. The van der Waals surface area contributed by atoms with E-state index in [-0.39, 0.29) is 11.5 Å². The third-order valence-electron chi connectivity index (χ3n) is 5.70. The number of benzene rings is 2. The van der Waals surface area contributed by atoms with Gasteiger partial charge in [0.1, 0.15) is 22.8 Å².